The Balaban J connectivity index is 0.000000262. The Bertz CT molecular complexity index is 3180. The van der Waals surface area contributed by atoms with Crippen LogP contribution in [-0.2, 0) is 57.2 Å². The Labute approximate surface area is 531 Å². The highest BCUT2D eigenvalue weighted by Gasteiger charge is 2.39. The van der Waals surface area contributed by atoms with Gasteiger partial charge in [0.15, 0.2) is 11.6 Å². The van der Waals surface area contributed by atoms with Crippen molar-refractivity contribution in [3.63, 3.8) is 0 Å². The smallest absolute Gasteiger partial charge is 0.353 e. The highest BCUT2D eigenvalue weighted by molar-refractivity contribution is 5.94. The molecular weight excluding hydrogens is 1200 g/mol. The van der Waals surface area contributed by atoms with Crippen molar-refractivity contribution in [1.82, 2.24) is 9.80 Å². The molecule has 6 aromatic rings. The minimum absolute atomic E-state index is 0.0583. The summed E-state index contributed by atoms with van der Waals surface area (Å²) in [6.45, 7) is 6.71. The molecule has 2 aliphatic heterocycles. The first-order valence-corrected chi connectivity index (χ1v) is 28.2. The van der Waals surface area contributed by atoms with Crippen LogP contribution in [0, 0.1) is 13.8 Å². The summed E-state index contributed by atoms with van der Waals surface area (Å²) in [5.41, 5.74) is 4.51. The van der Waals surface area contributed by atoms with Gasteiger partial charge in [0.2, 0.25) is 0 Å². The molecule has 0 aliphatic carbocycles. The molecule has 0 spiro atoms. The van der Waals surface area contributed by atoms with E-state index >= 15 is 0 Å². The number of methoxy groups -OCH3 is 4. The van der Waals surface area contributed by atoms with Gasteiger partial charge in [-0.15, -0.1) is 0 Å². The Morgan fingerprint density at radius 1 is 0.457 bits per heavy atom. The van der Waals surface area contributed by atoms with Crippen LogP contribution in [0.2, 0.25) is 0 Å². The zero-order valence-corrected chi connectivity index (χ0v) is 52.1. The number of hydrogen-bond donors (Lipinski definition) is 3. The maximum Gasteiger partial charge on any atom is 0.353 e. The first-order valence-electron chi connectivity index (χ1n) is 28.2. The van der Waals surface area contributed by atoms with Gasteiger partial charge < -0.3 is 62.7 Å². The SMILES string of the molecule is CO.COc1cc(C)c(C2CCN(C)CC2=O)c(OC)c1.COc1cc(C)c([C@H]2CCN(C)CC2=O)c(OC)c1.O=CO[C@@H](OC(=O)c1ccccc1)[C@H](OC(=O)c1ccccc1)C(=O)O.O=CO[C@@H](OC(=O)c1ccccc1)[C@H](OC(=O)c1ccccc1)C(=O)O. The van der Waals surface area contributed by atoms with Crippen LogP contribution in [0.25, 0.3) is 0 Å². The Morgan fingerprint density at radius 2 is 0.739 bits per heavy atom. The molecular formula is C67H74N2O23. The summed E-state index contributed by atoms with van der Waals surface area (Å²) in [6.07, 6.45) is -6.30. The molecule has 0 saturated carbocycles. The van der Waals surface area contributed by atoms with Crippen molar-refractivity contribution in [1.29, 1.82) is 0 Å². The Hall–Kier alpha value is -10.5. The predicted octanol–water partition coefficient (Wildman–Crippen LogP) is 6.91. The molecule has 1 unspecified atom stereocenters. The summed E-state index contributed by atoms with van der Waals surface area (Å²) in [5.74, 6) is -3.71. The number of hydrogen-bond acceptors (Lipinski definition) is 23. The van der Waals surface area contributed by atoms with Gasteiger partial charge in [0.25, 0.3) is 37.7 Å². The van der Waals surface area contributed by atoms with E-state index in [1.165, 1.54) is 48.5 Å². The number of esters is 4. The predicted molar refractivity (Wildman–Crippen MR) is 329 cm³/mol. The lowest BCUT2D eigenvalue weighted by Crippen LogP contribution is -2.42. The first kappa shape index (κ1) is 74.0. The molecule has 2 fully saturated rings. The molecule has 6 atom stereocenters. The van der Waals surface area contributed by atoms with Crippen LogP contribution in [0.4, 0.5) is 0 Å². The van der Waals surface area contributed by atoms with E-state index in [1.54, 1.807) is 101 Å². The molecule has 8 rings (SSSR count). The first-order chi connectivity index (χ1) is 44.2. The molecule has 0 aromatic heterocycles. The molecule has 6 aromatic carbocycles. The molecule has 0 amide bonds. The van der Waals surface area contributed by atoms with Crippen molar-refractivity contribution in [2.75, 3.05) is 75.8 Å². The van der Waals surface area contributed by atoms with E-state index in [9.17, 15) is 58.2 Å². The molecule has 92 heavy (non-hydrogen) atoms. The Morgan fingerprint density at radius 3 is 0.978 bits per heavy atom. The number of carboxylic acid groups (broad SMARTS) is 2. The van der Waals surface area contributed by atoms with Gasteiger partial charge in [-0.05, 0) is 126 Å². The number of aliphatic carboxylic acids is 2. The number of aliphatic hydroxyl groups excluding tert-OH is 1. The van der Waals surface area contributed by atoms with Crippen molar-refractivity contribution in [3.05, 3.63) is 190 Å². The fourth-order valence-corrected chi connectivity index (χ4v) is 9.36. The van der Waals surface area contributed by atoms with Crippen molar-refractivity contribution in [2.45, 2.75) is 63.3 Å². The maximum atomic E-state index is 12.3. The number of carboxylic acids is 2. The van der Waals surface area contributed by atoms with E-state index in [-0.39, 0.29) is 58.6 Å². The zero-order chi connectivity index (χ0) is 67.9. The van der Waals surface area contributed by atoms with Crippen LogP contribution in [0.1, 0.15) is 88.4 Å². The van der Waals surface area contributed by atoms with E-state index in [0.717, 1.165) is 78.3 Å². The number of carbonyl (C=O) groups is 10. The number of aryl methyl sites for hydroxylation is 2. The minimum atomic E-state index is -2.04. The number of rotatable bonds is 22. The number of nitrogens with zero attached hydrogens (tertiary/aromatic N) is 2. The summed E-state index contributed by atoms with van der Waals surface area (Å²) in [4.78, 5) is 121. The third kappa shape index (κ3) is 21.9. The summed E-state index contributed by atoms with van der Waals surface area (Å²) >= 11 is 0. The number of piperidine rings is 2. The second-order valence-corrected chi connectivity index (χ2v) is 20.0. The molecule has 3 N–H and O–H groups in total. The van der Waals surface area contributed by atoms with E-state index in [0.29, 0.717) is 13.1 Å². The lowest BCUT2D eigenvalue weighted by atomic mass is 9.85. The molecule has 2 heterocycles. The standard InChI is InChI=1S/2C18H14O8.2C15H21NO3.CH4O/c2*19-11-24-18(26-17(23)13-9-5-2-6-10-13)14(15(20)21)25-16(22)12-7-3-1-4-8-12;2*1-10-7-11(18-3)8-14(19-4)15(10)12-5-6-16(2)9-13(12)17;1-2/h2*1-11,14,18H,(H,20,21);2*7-8,12H,5-6,9H2,1-4H3;2H,1H3/t2*14-,18+;12-;;/m110../s1. The summed E-state index contributed by atoms with van der Waals surface area (Å²) in [6, 6.07) is 38.1. The van der Waals surface area contributed by atoms with Gasteiger partial charge in [-0.2, -0.15) is 0 Å². The number of benzene rings is 6. The second kappa shape index (κ2) is 38.1. The number of likely N-dealkylation sites (N-methyl/N-ethyl adjacent to an activating group) is 2. The Kier molecular flexibility index (Phi) is 30.7. The number of ketones is 2. The lowest BCUT2D eigenvalue weighted by molar-refractivity contribution is -0.188. The van der Waals surface area contributed by atoms with Crippen molar-refractivity contribution >= 4 is 60.3 Å². The largest absolute Gasteiger partial charge is 0.497 e. The molecule has 25 heteroatoms. The quantitative estimate of drug-likeness (QED) is 0.0269. The van der Waals surface area contributed by atoms with Crippen molar-refractivity contribution in [3.8, 4) is 23.0 Å². The van der Waals surface area contributed by atoms with Gasteiger partial charge in [-0.1, -0.05) is 72.8 Å². The summed E-state index contributed by atoms with van der Waals surface area (Å²) in [7, 11) is 11.5. The van der Waals surface area contributed by atoms with Crippen LogP contribution in [-0.4, -0.2) is 186 Å². The third-order valence-corrected chi connectivity index (χ3v) is 13.8. The number of Topliss-reactive ketones (excluding diaryl/α,β-unsaturated/α-hetero) is 2. The van der Waals surface area contributed by atoms with Gasteiger partial charge in [0.1, 0.15) is 23.0 Å². The fraction of sp³-hybridized carbons (Fsp3) is 0.313. The van der Waals surface area contributed by atoms with Crippen molar-refractivity contribution < 1.29 is 111 Å². The van der Waals surface area contributed by atoms with E-state index in [2.05, 4.69) is 19.3 Å². The minimum Gasteiger partial charge on any atom is -0.497 e. The number of carbonyl (C=O) groups excluding carboxylic acids is 8. The van der Waals surface area contributed by atoms with Gasteiger partial charge in [0, 0.05) is 42.2 Å². The normalized spacial score (nSPS) is 15.5. The van der Waals surface area contributed by atoms with Crippen LogP contribution in [0.3, 0.4) is 0 Å². The van der Waals surface area contributed by atoms with E-state index in [4.69, 9.17) is 43.0 Å². The monoisotopic (exact) mass is 1270 g/mol. The third-order valence-electron chi connectivity index (χ3n) is 13.8. The van der Waals surface area contributed by atoms with Gasteiger partial charge in [0.05, 0.1) is 63.8 Å². The fourth-order valence-electron chi connectivity index (χ4n) is 9.36. The topological polar surface area (TPSA) is 330 Å². The molecule has 0 bridgehead atoms. The zero-order valence-electron chi connectivity index (χ0n) is 52.1. The highest BCUT2D eigenvalue weighted by atomic mass is 16.7. The second-order valence-electron chi connectivity index (χ2n) is 20.0. The molecule has 2 saturated heterocycles. The van der Waals surface area contributed by atoms with Crippen molar-refractivity contribution in [2.24, 2.45) is 0 Å². The lowest BCUT2D eigenvalue weighted by Gasteiger charge is -2.29. The summed E-state index contributed by atoms with van der Waals surface area (Å²) in [5, 5.41) is 25.6. The van der Waals surface area contributed by atoms with E-state index in [1.807, 2.05) is 52.2 Å². The van der Waals surface area contributed by atoms with E-state index < -0.39 is 60.6 Å². The van der Waals surface area contributed by atoms with Crippen LogP contribution in [0.15, 0.2) is 146 Å². The molecule has 490 valence electrons. The molecule has 25 nitrogen and oxygen atoms in total. The highest BCUT2D eigenvalue weighted by Crippen LogP contribution is 2.39. The van der Waals surface area contributed by atoms with Gasteiger partial charge in [-0.25, -0.2) is 28.8 Å². The maximum absolute atomic E-state index is 12.3. The van der Waals surface area contributed by atoms with Crippen LogP contribution < -0.4 is 18.9 Å². The average molecular weight is 1280 g/mol. The number of likely N-dealkylation sites (tertiary alicyclic amines) is 2. The van der Waals surface area contributed by atoms with Gasteiger partial charge >= 0.3 is 35.8 Å². The molecule has 2 aliphatic rings. The van der Waals surface area contributed by atoms with Gasteiger partial charge in [-0.3, -0.25) is 29.0 Å². The number of aliphatic hydroxyl groups is 1. The average Bonchev–Trinajstić information content (AvgIpc) is 0.885. The molecule has 0 radical (unpaired) electrons. The van der Waals surface area contributed by atoms with Crippen LogP contribution in [0.5, 0.6) is 23.0 Å². The summed E-state index contributed by atoms with van der Waals surface area (Å²) < 4.78 is 49.9. The number of ether oxygens (including phenoxy) is 10. The van der Waals surface area contributed by atoms with Crippen LogP contribution >= 0.6 is 0 Å².